The zero-order valence-electron chi connectivity index (χ0n) is 28.4. The van der Waals surface area contributed by atoms with Gasteiger partial charge in [0.05, 0.1) is 29.3 Å². The van der Waals surface area contributed by atoms with Gasteiger partial charge in [0.1, 0.15) is 5.78 Å². The van der Waals surface area contributed by atoms with Crippen molar-refractivity contribution < 1.29 is 24.2 Å². The Bertz CT molecular complexity index is 1140. The fourth-order valence-corrected chi connectivity index (χ4v) is 6.59. The van der Waals surface area contributed by atoms with Crippen LogP contribution in [0.5, 0.6) is 0 Å². The Kier molecular flexibility index (Phi) is 14.3. The van der Waals surface area contributed by atoms with E-state index in [-0.39, 0.29) is 35.0 Å². The van der Waals surface area contributed by atoms with E-state index in [1.807, 2.05) is 46.1 Å². The van der Waals surface area contributed by atoms with Gasteiger partial charge in [0.2, 0.25) is 0 Å². The van der Waals surface area contributed by atoms with Gasteiger partial charge in [-0.05, 0) is 75.2 Å². The Balaban J connectivity index is 2.85. The number of thiazole rings is 1. The predicted molar refractivity (Wildman–Crippen MR) is 179 cm³/mol. The fourth-order valence-electron chi connectivity index (χ4n) is 4.58. The van der Waals surface area contributed by atoms with Crippen LogP contribution in [-0.2, 0) is 14.0 Å². The Hall–Kier alpha value is -1.87. The molecular formula is C34H57NO5SSi. The zero-order chi connectivity index (χ0) is 32.6. The first-order chi connectivity index (χ1) is 19.1. The molecular weight excluding hydrogens is 563 g/mol. The standard InChI is InChI=1S/C34H57NO5SSi/c1-22(17-18-29(36)24(3)19-28-21-41-27(6)35-28)15-14-16-23(2)25(4)26(5)32(39)34(10,11)30(20-31(37)38)40-42(12,13)33(7,8)9/h14,16-17,19,21,23,25-26,29-30,36H,15,18,20H2,1-13H3,(H,37,38)/t23-,25-,26+,29-,30-/m0/s1. The molecule has 8 heteroatoms. The molecule has 0 saturated carbocycles. The van der Waals surface area contributed by atoms with Crippen molar-refractivity contribution in [2.45, 2.75) is 126 Å². The van der Waals surface area contributed by atoms with Gasteiger partial charge in [-0.1, -0.05) is 79.2 Å². The zero-order valence-corrected chi connectivity index (χ0v) is 30.2. The van der Waals surface area contributed by atoms with E-state index in [9.17, 15) is 19.8 Å². The molecule has 0 aliphatic carbocycles. The third kappa shape index (κ3) is 11.3. The molecule has 0 aliphatic rings. The summed E-state index contributed by atoms with van der Waals surface area (Å²) in [6.07, 6.45) is 8.20. The molecule has 0 saturated heterocycles. The number of aliphatic carboxylic acids is 1. The lowest BCUT2D eigenvalue weighted by atomic mass is 9.71. The maximum absolute atomic E-state index is 13.8. The summed E-state index contributed by atoms with van der Waals surface area (Å²) in [6, 6.07) is 0. The topological polar surface area (TPSA) is 96.7 Å². The number of aliphatic hydroxyl groups excluding tert-OH is 1. The van der Waals surface area contributed by atoms with Crippen molar-refractivity contribution in [1.29, 1.82) is 0 Å². The van der Waals surface area contributed by atoms with Gasteiger partial charge in [0, 0.05) is 16.7 Å². The molecule has 2 N–H and O–H groups in total. The molecule has 0 amide bonds. The van der Waals surface area contributed by atoms with Crippen LogP contribution in [0.15, 0.2) is 34.8 Å². The molecule has 0 bridgehead atoms. The number of ketones is 1. The van der Waals surface area contributed by atoms with Crippen LogP contribution in [0.3, 0.4) is 0 Å². The summed E-state index contributed by atoms with van der Waals surface area (Å²) < 4.78 is 6.56. The molecule has 1 aromatic rings. The van der Waals surface area contributed by atoms with Gasteiger partial charge >= 0.3 is 5.97 Å². The first kappa shape index (κ1) is 38.2. The number of carbonyl (C=O) groups is 2. The average Bonchev–Trinajstić information content (AvgIpc) is 3.28. The Morgan fingerprint density at radius 2 is 1.71 bits per heavy atom. The van der Waals surface area contributed by atoms with Gasteiger partial charge in [-0.2, -0.15) is 0 Å². The van der Waals surface area contributed by atoms with E-state index in [0.717, 1.165) is 22.7 Å². The van der Waals surface area contributed by atoms with Crippen LogP contribution in [-0.4, -0.2) is 47.5 Å². The van der Waals surface area contributed by atoms with Crippen molar-refractivity contribution >= 4 is 37.5 Å². The van der Waals surface area contributed by atoms with Gasteiger partial charge in [-0.15, -0.1) is 11.3 Å². The lowest BCUT2D eigenvalue weighted by Crippen LogP contribution is -2.52. The number of aryl methyl sites for hydroxylation is 1. The van der Waals surface area contributed by atoms with E-state index < -0.39 is 31.9 Å². The number of aromatic nitrogens is 1. The summed E-state index contributed by atoms with van der Waals surface area (Å²) in [4.78, 5) is 30.1. The van der Waals surface area contributed by atoms with E-state index in [4.69, 9.17) is 4.43 Å². The normalized spacial score (nSPS) is 17.7. The van der Waals surface area contributed by atoms with Crippen LogP contribution in [0.4, 0.5) is 0 Å². The SMILES string of the molecule is CC(=CC[C@H](O)C(C)=Cc1csc(C)n1)CC=C[C@H](C)[C@H](C)[C@@H](C)C(=O)C(C)(C)[C@H](CC(=O)O)O[Si](C)(C)C(C)(C)C. The number of Topliss-reactive ketones (excluding diaryl/α,β-unsaturated/α-hetero) is 1. The molecule has 0 unspecified atom stereocenters. The van der Waals surface area contributed by atoms with Crippen molar-refractivity contribution in [3.8, 4) is 0 Å². The maximum Gasteiger partial charge on any atom is 0.305 e. The number of nitrogens with zero attached hydrogens (tertiary/aromatic N) is 1. The highest BCUT2D eigenvalue weighted by Gasteiger charge is 2.47. The fraction of sp³-hybridized carbons (Fsp3) is 0.676. The quantitative estimate of drug-likeness (QED) is 0.142. The second kappa shape index (κ2) is 15.7. The number of hydrogen-bond donors (Lipinski definition) is 2. The summed E-state index contributed by atoms with van der Waals surface area (Å²) in [6.45, 7) is 26.4. The van der Waals surface area contributed by atoms with Crippen molar-refractivity contribution in [1.82, 2.24) is 4.98 Å². The number of carbonyl (C=O) groups excluding carboxylic acids is 1. The number of aliphatic hydroxyl groups is 1. The largest absolute Gasteiger partial charge is 0.481 e. The molecule has 6 nitrogen and oxygen atoms in total. The van der Waals surface area contributed by atoms with E-state index in [2.05, 4.69) is 77.8 Å². The third-order valence-electron chi connectivity index (χ3n) is 9.18. The second-order valence-corrected chi connectivity index (χ2v) is 20.0. The number of carboxylic acid groups (broad SMARTS) is 1. The van der Waals surface area contributed by atoms with Gasteiger partial charge in [0.25, 0.3) is 0 Å². The number of rotatable bonds is 16. The minimum Gasteiger partial charge on any atom is -0.481 e. The smallest absolute Gasteiger partial charge is 0.305 e. The van der Waals surface area contributed by atoms with Crippen LogP contribution < -0.4 is 0 Å². The molecule has 0 aromatic carbocycles. The predicted octanol–water partition coefficient (Wildman–Crippen LogP) is 8.87. The van der Waals surface area contributed by atoms with Crippen LogP contribution >= 0.6 is 11.3 Å². The molecule has 1 aromatic heterocycles. The molecule has 0 radical (unpaired) electrons. The maximum atomic E-state index is 13.8. The monoisotopic (exact) mass is 619 g/mol. The van der Waals surface area contributed by atoms with Gasteiger partial charge in [0.15, 0.2) is 8.32 Å². The summed E-state index contributed by atoms with van der Waals surface area (Å²) in [7, 11) is -2.29. The van der Waals surface area contributed by atoms with Crippen molar-refractivity contribution in [3.05, 3.63) is 45.5 Å². The minimum atomic E-state index is -2.29. The van der Waals surface area contributed by atoms with Gasteiger partial charge in [-0.25, -0.2) is 4.98 Å². The molecule has 42 heavy (non-hydrogen) atoms. The average molecular weight is 620 g/mol. The molecule has 1 heterocycles. The van der Waals surface area contributed by atoms with Gasteiger partial charge < -0.3 is 14.6 Å². The van der Waals surface area contributed by atoms with E-state index in [0.29, 0.717) is 6.42 Å². The third-order valence-corrected chi connectivity index (χ3v) is 14.5. The molecule has 238 valence electrons. The lowest BCUT2D eigenvalue weighted by Gasteiger charge is -2.44. The summed E-state index contributed by atoms with van der Waals surface area (Å²) >= 11 is 1.60. The summed E-state index contributed by atoms with van der Waals surface area (Å²) in [5.41, 5.74) is 2.02. The van der Waals surface area contributed by atoms with E-state index in [1.54, 1.807) is 11.3 Å². The van der Waals surface area contributed by atoms with E-state index >= 15 is 0 Å². The highest BCUT2D eigenvalue weighted by molar-refractivity contribution is 7.09. The Morgan fingerprint density at radius 3 is 2.21 bits per heavy atom. The molecule has 0 spiro atoms. The number of carboxylic acids is 1. The van der Waals surface area contributed by atoms with Crippen molar-refractivity contribution in [2.75, 3.05) is 0 Å². The Morgan fingerprint density at radius 1 is 1.12 bits per heavy atom. The first-order valence-electron chi connectivity index (χ1n) is 15.1. The van der Waals surface area contributed by atoms with Crippen LogP contribution in [0.25, 0.3) is 6.08 Å². The highest BCUT2D eigenvalue weighted by atomic mass is 32.1. The lowest BCUT2D eigenvalue weighted by molar-refractivity contribution is -0.145. The summed E-state index contributed by atoms with van der Waals surface area (Å²) in [5.74, 6) is -0.944. The second-order valence-electron chi connectivity index (χ2n) is 14.2. The van der Waals surface area contributed by atoms with Crippen LogP contribution in [0, 0.1) is 30.1 Å². The number of allylic oxidation sites excluding steroid dienone is 3. The van der Waals surface area contributed by atoms with Crippen LogP contribution in [0.2, 0.25) is 18.1 Å². The molecule has 1 rings (SSSR count). The van der Waals surface area contributed by atoms with Gasteiger partial charge in [-0.3, -0.25) is 9.59 Å². The summed E-state index contributed by atoms with van der Waals surface area (Å²) in [5, 5.41) is 23.1. The Labute approximate surface area is 260 Å². The van der Waals surface area contributed by atoms with E-state index in [1.165, 1.54) is 5.57 Å². The number of hydrogen-bond acceptors (Lipinski definition) is 6. The minimum absolute atomic E-state index is 0.0431. The van der Waals surface area contributed by atoms with Crippen molar-refractivity contribution in [3.63, 3.8) is 0 Å². The van der Waals surface area contributed by atoms with Crippen molar-refractivity contribution in [2.24, 2.45) is 23.2 Å². The highest BCUT2D eigenvalue weighted by Crippen LogP contribution is 2.42. The molecule has 0 fully saturated rings. The van der Waals surface area contributed by atoms with Crippen LogP contribution in [0.1, 0.15) is 99.2 Å². The molecule has 5 atom stereocenters. The molecule has 0 aliphatic heterocycles. The first-order valence-corrected chi connectivity index (χ1v) is 18.9.